The van der Waals surface area contributed by atoms with E-state index in [1.807, 2.05) is 13.8 Å². The first-order valence-corrected chi connectivity index (χ1v) is 5.67. The molecular formula is C13H17F3. The SMILES string of the molecule is CCCC(CC)c1ccc(F)cc1C(F)F. The standard InChI is InChI=1S/C13H17F3/c1-3-5-9(4-2)11-7-6-10(14)8-12(11)13(15)16/h6-9,13H,3-5H2,1-2H3. The summed E-state index contributed by atoms with van der Waals surface area (Å²) in [5.74, 6) is -0.486. The van der Waals surface area contributed by atoms with Gasteiger partial charge in [0.15, 0.2) is 0 Å². The van der Waals surface area contributed by atoms with Crippen LogP contribution in [-0.2, 0) is 0 Å². The van der Waals surface area contributed by atoms with Crippen LogP contribution in [0.1, 0.15) is 56.6 Å². The van der Waals surface area contributed by atoms with Gasteiger partial charge in [-0.3, -0.25) is 0 Å². The summed E-state index contributed by atoms with van der Waals surface area (Å²) in [7, 11) is 0. The molecule has 3 heteroatoms. The van der Waals surface area contributed by atoms with E-state index in [4.69, 9.17) is 0 Å². The second-order valence-corrected chi connectivity index (χ2v) is 3.97. The minimum atomic E-state index is -2.60. The van der Waals surface area contributed by atoms with E-state index in [0.29, 0.717) is 5.56 Å². The van der Waals surface area contributed by atoms with E-state index in [1.165, 1.54) is 12.1 Å². The first-order chi connectivity index (χ1) is 7.60. The molecule has 1 aromatic rings. The van der Waals surface area contributed by atoms with Gasteiger partial charge in [0.1, 0.15) is 5.82 Å². The molecule has 0 fully saturated rings. The smallest absolute Gasteiger partial charge is 0.207 e. The average Bonchev–Trinajstić information content (AvgIpc) is 2.26. The molecule has 0 aliphatic rings. The molecule has 0 heterocycles. The summed E-state index contributed by atoms with van der Waals surface area (Å²) in [5.41, 5.74) is 0.445. The minimum absolute atomic E-state index is 0.106. The van der Waals surface area contributed by atoms with Crippen LogP contribution in [0.15, 0.2) is 18.2 Å². The fourth-order valence-electron chi connectivity index (χ4n) is 2.03. The Morgan fingerprint density at radius 2 is 1.81 bits per heavy atom. The van der Waals surface area contributed by atoms with Gasteiger partial charge in [-0.2, -0.15) is 0 Å². The van der Waals surface area contributed by atoms with Crippen LogP contribution in [-0.4, -0.2) is 0 Å². The van der Waals surface area contributed by atoms with Crippen molar-refractivity contribution in [2.24, 2.45) is 0 Å². The predicted octanol–water partition coefficient (Wildman–Crippen LogP) is 5.06. The van der Waals surface area contributed by atoms with Crippen molar-refractivity contribution in [1.82, 2.24) is 0 Å². The van der Waals surface area contributed by atoms with E-state index in [0.717, 1.165) is 25.3 Å². The van der Waals surface area contributed by atoms with Crippen LogP contribution in [0.2, 0.25) is 0 Å². The van der Waals surface area contributed by atoms with E-state index >= 15 is 0 Å². The highest BCUT2D eigenvalue weighted by molar-refractivity contribution is 5.32. The van der Waals surface area contributed by atoms with Crippen LogP contribution >= 0.6 is 0 Å². The van der Waals surface area contributed by atoms with Gasteiger partial charge in [-0.05, 0) is 36.5 Å². The lowest BCUT2D eigenvalue weighted by Crippen LogP contribution is -2.03. The van der Waals surface area contributed by atoms with Crippen LogP contribution in [0.5, 0.6) is 0 Å². The van der Waals surface area contributed by atoms with Gasteiger partial charge < -0.3 is 0 Å². The van der Waals surface area contributed by atoms with Crippen molar-refractivity contribution >= 4 is 0 Å². The summed E-state index contributed by atoms with van der Waals surface area (Å²) in [6, 6.07) is 3.72. The first-order valence-electron chi connectivity index (χ1n) is 5.67. The number of benzene rings is 1. The van der Waals surface area contributed by atoms with Crippen LogP contribution < -0.4 is 0 Å². The lowest BCUT2D eigenvalue weighted by atomic mass is 9.88. The summed E-state index contributed by atoms with van der Waals surface area (Å²) in [4.78, 5) is 0. The molecule has 0 amide bonds. The Kier molecular flexibility index (Phi) is 4.84. The number of rotatable bonds is 5. The largest absolute Gasteiger partial charge is 0.264 e. The van der Waals surface area contributed by atoms with Gasteiger partial charge in [0, 0.05) is 5.56 Å². The maximum atomic E-state index is 12.9. The molecule has 0 nitrogen and oxygen atoms in total. The lowest BCUT2D eigenvalue weighted by Gasteiger charge is -2.18. The van der Waals surface area contributed by atoms with Gasteiger partial charge in [0.25, 0.3) is 6.43 Å². The quantitative estimate of drug-likeness (QED) is 0.663. The predicted molar refractivity (Wildman–Crippen MR) is 59.3 cm³/mol. The molecule has 0 N–H and O–H groups in total. The highest BCUT2D eigenvalue weighted by atomic mass is 19.3. The Balaban J connectivity index is 3.09. The number of halogens is 3. The zero-order chi connectivity index (χ0) is 12.1. The zero-order valence-corrected chi connectivity index (χ0v) is 9.64. The van der Waals surface area contributed by atoms with Gasteiger partial charge in [0.05, 0.1) is 0 Å². The van der Waals surface area contributed by atoms with Gasteiger partial charge >= 0.3 is 0 Å². The summed E-state index contributed by atoms with van der Waals surface area (Å²) in [5, 5.41) is 0. The zero-order valence-electron chi connectivity index (χ0n) is 9.64. The summed E-state index contributed by atoms with van der Waals surface area (Å²) in [6.07, 6.45) is 0.0104. The molecule has 0 radical (unpaired) electrons. The van der Waals surface area contributed by atoms with E-state index in [-0.39, 0.29) is 11.5 Å². The molecule has 0 saturated carbocycles. The molecule has 0 bridgehead atoms. The monoisotopic (exact) mass is 230 g/mol. The Labute approximate surface area is 94.5 Å². The average molecular weight is 230 g/mol. The molecule has 90 valence electrons. The molecule has 1 aromatic carbocycles. The molecule has 1 atom stereocenters. The van der Waals surface area contributed by atoms with Gasteiger partial charge in [-0.25, -0.2) is 13.2 Å². The third-order valence-corrected chi connectivity index (χ3v) is 2.85. The fraction of sp³-hybridized carbons (Fsp3) is 0.538. The highest BCUT2D eigenvalue weighted by Gasteiger charge is 2.19. The van der Waals surface area contributed by atoms with E-state index in [1.54, 1.807) is 0 Å². The molecule has 0 saturated heterocycles. The summed E-state index contributed by atoms with van der Waals surface area (Å²) in [6.45, 7) is 3.99. The Morgan fingerprint density at radius 1 is 1.12 bits per heavy atom. The van der Waals surface area contributed by atoms with E-state index in [9.17, 15) is 13.2 Å². The van der Waals surface area contributed by atoms with E-state index < -0.39 is 12.2 Å². The third kappa shape index (κ3) is 3.00. The first kappa shape index (κ1) is 13.1. The van der Waals surface area contributed by atoms with Crippen molar-refractivity contribution in [2.45, 2.75) is 45.5 Å². The number of alkyl halides is 2. The van der Waals surface area contributed by atoms with Crippen LogP contribution in [0.3, 0.4) is 0 Å². The normalized spacial score (nSPS) is 13.1. The van der Waals surface area contributed by atoms with Crippen LogP contribution in [0.4, 0.5) is 13.2 Å². The third-order valence-electron chi connectivity index (χ3n) is 2.85. The molecule has 16 heavy (non-hydrogen) atoms. The van der Waals surface area contributed by atoms with Gasteiger partial charge in [-0.1, -0.05) is 26.3 Å². The van der Waals surface area contributed by atoms with Gasteiger partial charge in [-0.15, -0.1) is 0 Å². The Hall–Kier alpha value is -0.990. The Bertz CT molecular complexity index is 334. The molecule has 0 aliphatic heterocycles. The minimum Gasteiger partial charge on any atom is -0.207 e. The fourth-order valence-corrected chi connectivity index (χ4v) is 2.03. The Morgan fingerprint density at radius 3 is 2.31 bits per heavy atom. The molecule has 0 spiro atoms. The summed E-state index contributed by atoms with van der Waals surface area (Å²) < 4.78 is 38.5. The molecular weight excluding hydrogens is 213 g/mol. The maximum Gasteiger partial charge on any atom is 0.264 e. The molecule has 1 unspecified atom stereocenters. The van der Waals surface area contributed by atoms with Crippen molar-refractivity contribution in [1.29, 1.82) is 0 Å². The van der Waals surface area contributed by atoms with Gasteiger partial charge in [0.2, 0.25) is 0 Å². The van der Waals surface area contributed by atoms with Crippen molar-refractivity contribution in [3.63, 3.8) is 0 Å². The molecule has 0 aliphatic carbocycles. The molecule has 1 rings (SSSR count). The van der Waals surface area contributed by atoms with Crippen LogP contribution in [0.25, 0.3) is 0 Å². The van der Waals surface area contributed by atoms with Crippen molar-refractivity contribution in [2.75, 3.05) is 0 Å². The summed E-state index contributed by atoms with van der Waals surface area (Å²) >= 11 is 0. The second-order valence-electron chi connectivity index (χ2n) is 3.97. The second kappa shape index (κ2) is 5.92. The van der Waals surface area contributed by atoms with E-state index in [2.05, 4.69) is 0 Å². The lowest BCUT2D eigenvalue weighted by molar-refractivity contribution is 0.149. The van der Waals surface area contributed by atoms with Crippen LogP contribution in [0, 0.1) is 5.82 Å². The highest BCUT2D eigenvalue weighted by Crippen LogP contribution is 2.33. The number of hydrogen-bond donors (Lipinski definition) is 0. The topological polar surface area (TPSA) is 0 Å². The van der Waals surface area contributed by atoms with Crippen molar-refractivity contribution in [3.05, 3.63) is 35.1 Å². The van der Waals surface area contributed by atoms with Crippen molar-refractivity contribution < 1.29 is 13.2 Å². The maximum absolute atomic E-state index is 12.9. The van der Waals surface area contributed by atoms with Crippen molar-refractivity contribution in [3.8, 4) is 0 Å². The molecule has 0 aromatic heterocycles. The number of hydrogen-bond acceptors (Lipinski definition) is 0.